The summed E-state index contributed by atoms with van der Waals surface area (Å²) in [5.74, 6) is 0. The van der Waals surface area contributed by atoms with E-state index >= 15 is 0 Å². The van der Waals surface area contributed by atoms with Crippen LogP contribution in [0.25, 0.3) is 0 Å². The first kappa shape index (κ1) is 11.9. The van der Waals surface area contributed by atoms with E-state index in [0.29, 0.717) is 0 Å². The van der Waals surface area contributed by atoms with E-state index in [9.17, 15) is 4.79 Å². The van der Waals surface area contributed by atoms with Crippen LogP contribution in [0, 0.1) is 0 Å². The molecule has 0 aliphatic carbocycles. The number of nitrogens with one attached hydrogen (secondary N) is 1. The van der Waals surface area contributed by atoms with Crippen molar-refractivity contribution in [2.24, 2.45) is 0 Å². The van der Waals surface area contributed by atoms with Crippen LogP contribution in [0.1, 0.15) is 0 Å². The van der Waals surface area contributed by atoms with Crippen LogP contribution in [-0.4, -0.2) is 27.2 Å². The Bertz CT molecular complexity index is 146. The van der Waals surface area contributed by atoms with E-state index in [1.54, 1.807) is 0 Å². The molecule has 0 spiro atoms. The second-order valence-electron chi connectivity index (χ2n) is 4.92. The lowest BCUT2D eigenvalue weighted by Crippen LogP contribution is -2.64. The Hall–Kier alpha value is -0.136. The van der Waals surface area contributed by atoms with E-state index < -0.39 is 16.5 Å². The van der Waals surface area contributed by atoms with Crippen LogP contribution >= 0.6 is 0 Å². The first-order chi connectivity index (χ1) is 5.19. The van der Waals surface area contributed by atoms with Crippen molar-refractivity contribution in [2.75, 3.05) is 0 Å². The Balaban J connectivity index is 4.56. The Labute approximate surface area is 77.3 Å². The molecule has 1 N–H and O–H groups in total. The van der Waals surface area contributed by atoms with Crippen LogP contribution in [0.3, 0.4) is 0 Å². The second kappa shape index (κ2) is 3.72. The Morgan fingerprint density at radius 2 is 1.33 bits per heavy atom. The topological polar surface area (TPSA) is 32.3 Å². The summed E-state index contributed by atoms with van der Waals surface area (Å²) in [5, 5.41) is 0. The second-order valence-corrected chi connectivity index (χ2v) is 14.9. The van der Waals surface area contributed by atoms with Crippen molar-refractivity contribution in [2.45, 2.75) is 39.3 Å². The van der Waals surface area contributed by atoms with Gasteiger partial charge in [-0.05, 0) is 0 Å². The minimum atomic E-state index is -1.39. The van der Waals surface area contributed by atoms with Crippen LogP contribution in [0.5, 0.6) is 0 Å². The van der Waals surface area contributed by atoms with Crippen molar-refractivity contribution in [3.05, 3.63) is 0 Å². The summed E-state index contributed by atoms with van der Waals surface area (Å²) in [5.41, 5.74) is 2.84. The van der Waals surface area contributed by atoms with Crippen molar-refractivity contribution < 1.29 is 4.79 Å². The lowest BCUT2D eigenvalue weighted by atomic mass is 11.4. The smallest absolute Gasteiger partial charge is 0.220 e. The van der Waals surface area contributed by atoms with Gasteiger partial charge in [0.1, 0.15) is 16.5 Å². The van der Waals surface area contributed by atoms with Crippen LogP contribution in [-0.2, 0) is 4.79 Å². The van der Waals surface area contributed by atoms with Gasteiger partial charge in [-0.3, -0.25) is 9.13 Å². The van der Waals surface area contributed by atoms with E-state index in [0.717, 1.165) is 6.41 Å². The number of carbonyl (C=O) groups excluding carboxylic acids is 1. The van der Waals surface area contributed by atoms with Gasteiger partial charge in [0.25, 0.3) is 0 Å². The molecule has 0 atom stereocenters. The van der Waals surface area contributed by atoms with Gasteiger partial charge in [-0.1, -0.05) is 39.3 Å². The largest absolute Gasteiger partial charge is 0.304 e. The fourth-order valence-corrected chi connectivity index (χ4v) is 10.4. The molecule has 0 radical (unpaired) electrons. The van der Waals surface area contributed by atoms with Gasteiger partial charge in [0.15, 0.2) is 0 Å². The average Bonchev–Trinajstić information content (AvgIpc) is 1.77. The molecule has 72 valence electrons. The minimum Gasteiger partial charge on any atom is -0.304 e. The van der Waals surface area contributed by atoms with Gasteiger partial charge in [0.05, 0.1) is 0 Å². The zero-order chi connectivity index (χ0) is 9.99. The van der Waals surface area contributed by atoms with Crippen molar-refractivity contribution >= 4 is 22.9 Å². The molecule has 0 heterocycles. The molecule has 0 aromatic carbocycles. The fraction of sp³-hybridized carbons (Fsp3) is 0.857. The zero-order valence-electron chi connectivity index (χ0n) is 8.93. The SMILES string of the molecule is C[Si](C)(C)N(NC=O)[Si](C)(C)C. The molecule has 1 amide bonds. The molecule has 0 aliphatic heterocycles. The van der Waals surface area contributed by atoms with E-state index in [4.69, 9.17) is 0 Å². The molecule has 5 heteroatoms. The van der Waals surface area contributed by atoms with Gasteiger partial charge in [-0.15, -0.1) is 0 Å². The molecule has 0 aromatic heterocycles. The maximum absolute atomic E-state index is 10.4. The zero-order valence-corrected chi connectivity index (χ0v) is 10.9. The summed E-state index contributed by atoms with van der Waals surface area (Å²) in [4.78, 5) is 10.4. The number of amides is 1. The monoisotopic (exact) mass is 204 g/mol. The van der Waals surface area contributed by atoms with Gasteiger partial charge >= 0.3 is 0 Å². The molecule has 0 saturated heterocycles. The van der Waals surface area contributed by atoms with Gasteiger partial charge < -0.3 is 5.43 Å². The molecule has 0 saturated carbocycles. The summed E-state index contributed by atoms with van der Waals surface area (Å²) in [6.07, 6.45) is 0.788. The molecule has 0 bridgehead atoms. The maximum Gasteiger partial charge on any atom is 0.220 e. The molecule has 0 aliphatic rings. The molecule has 12 heavy (non-hydrogen) atoms. The van der Waals surface area contributed by atoms with E-state index in [1.807, 2.05) is 0 Å². The minimum absolute atomic E-state index is 0.788. The van der Waals surface area contributed by atoms with Gasteiger partial charge in [0, 0.05) is 0 Å². The third-order valence-electron chi connectivity index (χ3n) is 1.52. The third kappa shape index (κ3) is 3.51. The number of hydrazine groups is 1. The fourth-order valence-electron chi connectivity index (χ4n) is 1.45. The van der Waals surface area contributed by atoms with Gasteiger partial charge in [-0.2, -0.15) is 0 Å². The predicted octanol–water partition coefficient (Wildman–Crippen LogP) is 1.62. The Morgan fingerprint density at radius 1 is 1.00 bits per heavy atom. The third-order valence-corrected chi connectivity index (χ3v) is 8.49. The van der Waals surface area contributed by atoms with Crippen molar-refractivity contribution in [3.8, 4) is 0 Å². The van der Waals surface area contributed by atoms with E-state index in [2.05, 4.69) is 49.0 Å². The van der Waals surface area contributed by atoms with Crippen molar-refractivity contribution in [1.82, 2.24) is 9.77 Å². The highest BCUT2D eigenvalue weighted by Gasteiger charge is 2.34. The highest BCUT2D eigenvalue weighted by atomic mass is 28.4. The highest BCUT2D eigenvalue weighted by Crippen LogP contribution is 2.15. The van der Waals surface area contributed by atoms with E-state index in [1.165, 1.54) is 0 Å². The lowest BCUT2D eigenvalue weighted by molar-refractivity contribution is -0.111. The van der Waals surface area contributed by atoms with Gasteiger partial charge in [0.2, 0.25) is 6.41 Å². The van der Waals surface area contributed by atoms with Crippen LogP contribution in [0.15, 0.2) is 0 Å². The standard InChI is InChI=1S/C7H20N2OSi2/c1-11(2,3)9(8-7-10)12(4,5)6/h7H,1-6H3,(H,8,10). The molecule has 0 fully saturated rings. The lowest BCUT2D eigenvalue weighted by Gasteiger charge is -2.42. The van der Waals surface area contributed by atoms with Crippen LogP contribution in [0.4, 0.5) is 0 Å². The quantitative estimate of drug-likeness (QED) is 0.429. The summed E-state index contributed by atoms with van der Waals surface area (Å²) < 4.78 is 2.22. The maximum atomic E-state index is 10.4. The number of hydrogen-bond donors (Lipinski definition) is 1. The Morgan fingerprint density at radius 3 is 1.42 bits per heavy atom. The summed E-state index contributed by atoms with van der Waals surface area (Å²) in [6, 6.07) is 0. The molecule has 0 rings (SSSR count). The van der Waals surface area contributed by atoms with Crippen LogP contribution < -0.4 is 5.43 Å². The average molecular weight is 204 g/mol. The number of carbonyl (C=O) groups is 1. The Kier molecular flexibility index (Phi) is 3.67. The van der Waals surface area contributed by atoms with Crippen molar-refractivity contribution in [3.63, 3.8) is 0 Å². The summed E-state index contributed by atoms with van der Waals surface area (Å²) in [6.45, 7) is 13.4. The molecular weight excluding hydrogens is 184 g/mol. The first-order valence-electron chi connectivity index (χ1n) is 4.20. The normalized spacial score (nSPS) is 13.2. The molecule has 0 aromatic rings. The van der Waals surface area contributed by atoms with E-state index in [-0.39, 0.29) is 0 Å². The predicted molar refractivity (Wildman–Crippen MR) is 57.7 cm³/mol. The van der Waals surface area contributed by atoms with Gasteiger partial charge in [-0.25, -0.2) is 0 Å². The van der Waals surface area contributed by atoms with Crippen molar-refractivity contribution in [1.29, 1.82) is 0 Å². The molecular formula is C7H20N2OSi2. The highest BCUT2D eigenvalue weighted by molar-refractivity contribution is 6.89. The summed E-state index contributed by atoms with van der Waals surface area (Å²) in [7, 11) is -2.78. The number of hydrogen-bond acceptors (Lipinski definition) is 2. The first-order valence-corrected chi connectivity index (χ1v) is 11.1. The van der Waals surface area contributed by atoms with Crippen LogP contribution in [0.2, 0.25) is 39.3 Å². The number of rotatable bonds is 4. The number of nitrogens with zero attached hydrogens (tertiary/aromatic N) is 1. The molecule has 0 unspecified atom stereocenters. The summed E-state index contributed by atoms with van der Waals surface area (Å²) >= 11 is 0. The molecule has 3 nitrogen and oxygen atoms in total.